The molecule has 8 heteroatoms. The van der Waals surface area contributed by atoms with Crippen molar-refractivity contribution in [3.8, 4) is 17.1 Å². The van der Waals surface area contributed by atoms with Crippen molar-refractivity contribution in [3.63, 3.8) is 0 Å². The molecule has 4 aromatic rings. The second kappa shape index (κ2) is 9.38. The Kier molecular flexibility index (Phi) is 6.39. The van der Waals surface area contributed by atoms with Crippen LogP contribution in [0.1, 0.15) is 22.8 Å². The highest BCUT2D eigenvalue weighted by molar-refractivity contribution is 7.80. The lowest BCUT2D eigenvalue weighted by atomic mass is 10.2. The van der Waals surface area contributed by atoms with Crippen LogP contribution < -0.4 is 15.4 Å². The minimum absolute atomic E-state index is 0.202. The molecule has 0 unspecified atom stereocenters. The zero-order chi connectivity index (χ0) is 22.7. The van der Waals surface area contributed by atoms with E-state index in [0.29, 0.717) is 22.9 Å². The average Bonchev–Trinajstić information content (AvgIpc) is 3.17. The quantitative estimate of drug-likeness (QED) is 0.329. The summed E-state index contributed by atoms with van der Waals surface area (Å²) in [5.41, 5.74) is 4.79. The maximum absolute atomic E-state index is 12.5. The second-order valence-corrected chi connectivity index (χ2v) is 7.97. The summed E-state index contributed by atoms with van der Waals surface area (Å²) in [6.45, 7) is 4.43. The number of halogens is 1. The van der Waals surface area contributed by atoms with Crippen LogP contribution in [0.25, 0.3) is 22.4 Å². The Morgan fingerprint density at radius 2 is 1.94 bits per heavy atom. The summed E-state index contributed by atoms with van der Waals surface area (Å²) < 4.78 is 5.40. The number of aryl methyl sites for hydroxylation is 1. The molecule has 0 aliphatic carbocycles. The first-order valence-corrected chi connectivity index (χ1v) is 10.8. The molecule has 0 aliphatic rings. The lowest BCUT2D eigenvalue weighted by molar-refractivity contribution is 0.0977. The normalized spacial score (nSPS) is 10.7. The van der Waals surface area contributed by atoms with E-state index in [1.807, 2.05) is 50.2 Å². The summed E-state index contributed by atoms with van der Waals surface area (Å²) in [5, 5.41) is 6.62. The van der Waals surface area contributed by atoms with Crippen molar-refractivity contribution in [2.24, 2.45) is 0 Å². The lowest BCUT2D eigenvalue weighted by Gasteiger charge is -2.11. The molecule has 3 N–H and O–H groups in total. The third-order valence-corrected chi connectivity index (χ3v) is 5.42. The van der Waals surface area contributed by atoms with Crippen molar-refractivity contribution in [2.75, 3.05) is 11.9 Å². The van der Waals surface area contributed by atoms with Crippen molar-refractivity contribution in [2.45, 2.75) is 13.8 Å². The third kappa shape index (κ3) is 4.90. The highest BCUT2D eigenvalue weighted by Crippen LogP contribution is 2.26. The molecule has 0 spiro atoms. The van der Waals surface area contributed by atoms with Crippen LogP contribution in [-0.4, -0.2) is 27.6 Å². The first-order valence-electron chi connectivity index (χ1n) is 10.0. The largest absolute Gasteiger partial charge is 0.494 e. The smallest absolute Gasteiger partial charge is 0.257 e. The molecule has 3 aromatic carbocycles. The number of imidazole rings is 1. The predicted octanol–water partition coefficient (Wildman–Crippen LogP) is 5.72. The van der Waals surface area contributed by atoms with E-state index < -0.39 is 0 Å². The van der Waals surface area contributed by atoms with Crippen LogP contribution in [0.2, 0.25) is 5.02 Å². The molecule has 1 amide bonds. The van der Waals surface area contributed by atoms with Crippen molar-refractivity contribution < 1.29 is 9.53 Å². The first kappa shape index (κ1) is 21.8. The molecule has 1 aromatic heterocycles. The number of carbonyl (C=O) groups is 1. The molecular formula is C24H21ClN4O2S. The number of benzene rings is 3. The standard InChI is InChI=1S/C24H21ClN4O2S/c1-3-31-18-9-7-15(8-10-18)23(30)29-24(32)26-17-6-4-5-16(12-17)22-27-20-11-14(2)19(25)13-21(20)28-22/h4-13H,3H2,1-2H3,(H,27,28)(H2,26,29,30,32). The number of nitrogens with zero attached hydrogens (tertiary/aromatic N) is 1. The van der Waals surface area contributed by atoms with Crippen LogP contribution in [0.4, 0.5) is 5.69 Å². The van der Waals surface area contributed by atoms with Gasteiger partial charge < -0.3 is 15.0 Å². The Labute approximate surface area is 196 Å². The van der Waals surface area contributed by atoms with Gasteiger partial charge in [0.1, 0.15) is 11.6 Å². The molecule has 1 heterocycles. The van der Waals surface area contributed by atoms with E-state index in [-0.39, 0.29) is 11.0 Å². The number of carbonyl (C=O) groups excluding carboxylic acids is 1. The van der Waals surface area contributed by atoms with Crippen LogP contribution >= 0.6 is 23.8 Å². The van der Waals surface area contributed by atoms with Gasteiger partial charge in [-0.1, -0.05) is 23.7 Å². The van der Waals surface area contributed by atoms with Crippen LogP contribution in [0, 0.1) is 6.92 Å². The molecule has 0 fully saturated rings. The van der Waals surface area contributed by atoms with E-state index in [0.717, 1.165) is 33.7 Å². The van der Waals surface area contributed by atoms with Crippen molar-refractivity contribution >= 4 is 51.6 Å². The predicted molar refractivity (Wildman–Crippen MR) is 133 cm³/mol. The van der Waals surface area contributed by atoms with Gasteiger partial charge in [-0.3, -0.25) is 10.1 Å². The molecule has 0 bridgehead atoms. The summed E-state index contributed by atoms with van der Waals surface area (Å²) >= 11 is 11.5. The second-order valence-electron chi connectivity index (χ2n) is 7.15. The van der Waals surface area contributed by atoms with Gasteiger partial charge in [-0.15, -0.1) is 0 Å². The van der Waals surface area contributed by atoms with Crippen LogP contribution in [0.15, 0.2) is 60.7 Å². The Bertz CT molecular complexity index is 1260. The molecule has 4 rings (SSSR count). The van der Waals surface area contributed by atoms with Gasteiger partial charge in [0.15, 0.2) is 5.11 Å². The Morgan fingerprint density at radius 1 is 1.16 bits per heavy atom. The zero-order valence-electron chi connectivity index (χ0n) is 17.5. The molecular weight excluding hydrogens is 444 g/mol. The highest BCUT2D eigenvalue weighted by atomic mass is 35.5. The molecule has 0 saturated carbocycles. The number of rotatable bonds is 5. The summed E-state index contributed by atoms with van der Waals surface area (Å²) in [6, 6.07) is 18.3. The number of aromatic nitrogens is 2. The minimum atomic E-state index is -0.300. The number of hydrogen-bond donors (Lipinski definition) is 3. The van der Waals surface area contributed by atoms with Crippen LogP contribution in [0.5, 0.6) is 5.75 Å². The minimum Gasteiger partial charge on any atom is -0.494 e. The molecule has 0 radical (unpaired) electrons. The number of H-pyrrole nitrogens is 1. The number of aromatic amines is 1. The fraction of sp³-hybridized carbons (Fsp3) is 0.125. The molecule has 6 nitrogen and oxygen atoms in total. The maximum Gasteiger partial charge on any atom is 0.257 e. The zero-order valence-corrected chi connectivity index (χ0v) is 19.1. The van der Waals surface area contributed by atoms with Gasteiger partial charge in [-0.2, -0.15) is 0 Å². The highest BCUT2D eigenvalue weighted by Gasteiger charge is 2.11. The van der Waals surface area contributed by atoms with Gasteiger partial charge in [0.2, 0.25) is 0 Å². The van der Waals surface area contributed by atoms with Gasteiger partial charge in [0.05, 0.1) is 17.6 Å². The van der Waals surface area contributed by atoms with Crippen molar-refractivity contribution in [1.82, 2.24) is 15.3 Å². The lowest BCUT2D eigenvalue weighted by Crippen LogP contribution is -2.34. The summed E-state index contributed by atoms with van der Waals surface area (Å²) in [5.74, 6) is 1.13. The number of thiocarbonyl (C=S) groups is 1. The fourth-order valence-corrected chi connectivity index (χ4v) is 3.60. The fourth-order valence-electron chi connectivity index (χ4n) is 3.23. The van der Waals surface area contributed by atoms with Gasteiger partial charge in [0.25, 0.3) is 5.91 Å². The Balaban J connectivity index is 1.45. The number of fused-ring (bicyclic) bond motifs is 1. The number of hydrogen-bond acceptors (Lipinski definition) is 4. The number of nitrogens with one attached hydrogen (secondary N) is 3. The number of ether oxygens (including phenoxy) is 1. The van der Waals surface area contributed by atoms with Gasteiger partial charge in [0, 0.05) is 21.8 Å². The van der Waals surface area contributed by atoms with Gasteiger partial charge >= 0.3 is 0 Å². The molecule has 162 valence electrons. The van der Waals surface area contributed by atoms with E-state index >= 15 is 0 Å². The first-order chi connectivity index (χ1) is 15.4. The number of amides is 1. The van der Waals surface area contributed by atoms with E-state index in [4.69, 9.17) is 28.6 Å². The summed E-state index contributed by atoms with van der Waals surface area (Å²) in [7, 11) is 0. The van der Waals surface area contributed by atoms with E-state index in [1.54, 1.807) is 24.3 Å². The topological polar surface area (TPSA) is 79.0 Å². The van der Waals surface area contributed by atoms with Crippen LogP contribution in [-0.2, 0) is 0 Å². The third-order valence-electron chi connectivity index (χ3n) is 4.81. The summed E-state index contributed by atoms with van der Waals surface area (Å²) in [4.78, 5) is 20.4. The van der Waals surface area contributed by atoms with E-state index in [9.17, 15) is 4.79 Å². The van der Waals surface area contributed by atoms with Crippen molar-refractivity contribution in [1.29, 1.82) is 0 Å². The van der Waals surface area contributed by atoms with Crippen molar-refractivity contribution in [3.05, 3.63) is 76.8 Å². The maximum atomic E-state index is 12.5. The molecule has 0 aliphatic heterocycles. The van der Waals surface area contributed by atoms with E-state index in [2.05, 4.69) is 20.6 Å². The van der Waals surface area contributed by atoms with E-state index in [1.165, 1.54) is 0 Å². The Morgan fingerprint density at radius 3 is 2.69 bits per heavy atom. The number of anilines is 1. The average molecular weight is 465 g/mol. The van der Waals surface area contributed by atoms with Crippen LogP contribution in [0.3, 0.4) is 0 Å². The Hall–Kier alpha value is -3.42. The van der Waals surface area contributed by atoms with Gasteiger partial charge in [-0.05, 0) is 80.2 Å². The van der Waals surface area contributed by atoms with Gasteiger partial charge in [-0.25, -0.2) is 4.98 Å². The molecule has 0 saturated heterocycles. The summed E-state index contributed by atoms with van der Waals surface area (Å²) in [6.07, 6.45) is 0. The monoisotopic (exact) mass is 464 g/mol. The molecule has 32 heavy (non-hydrogen) atoms. The SMILES string of the molecule is CCOc1ccc(C(=O)NC(=S)Nc2cccc(-c3nc4cc(Cl)c(C)cc4[nH]3)c2)cc1. The molecule has 0 atom stereocenters.